The van der Waals surface area contributed by atoms with Crippen LogP contribution in [0.15, 0.2) is 36.4 Å². The Morgan fingerprint density at radius 1 is 1.06 bits per heavy atom. The Kier molecular flexibility index (Phi) is 5.84. The highest BCUT2D eigenvalue weighted by molar-refractivity contribution is 6.11. The van der Waals surface area contributed by atoms with Crippen LogP contribution in [0.5, 0.6) is 11.5 Å². The van der Waals surface area contributed by atoms with Crippen molar-refractivity contribution >= 4 is 29.1 Å². The van der Waals surface area contributed by atoms with Crippen LogP contribution in [0.1, 0.15) is 41.2 Å². The van der Waals surface area contributed by atoms with Crippen LogP contribution in [0.3, 0.4) is 0 Å². The van der Waals surface area contributed by atoms with Crippen LogP contribution >= 0.6 is 0 Å². The average Bonchev–Trinajstić information content (AvgIpc) is 3.53. The van der Waals surface area contributed by atoms with Crippen molar-refractivity contribution in [3.05, 3.63) is 47.5 Å². The predicted octanol–water partition coefficient (Wildman–Crippen LogP) is 1.81. The quantitative estimate of drug-likeness (QED) is 0.531. The Balaban J connectivity index is 1.28. The van der Waals surface area contributed by atoms with Crippen molar-refractivity contribution < 1.29 is 23.9 Å². The second kappa shape index (κ2) is 8.96. The van der Waals surface area contributed by atoms with Crippen LogP contribution in [0, 0.1) is 0 Å². The molecule has 3 heterocycles. The van der Waals surface area contributed by atoms with Crippen molar-refractivity contribution in [2.24, 2.45) is 0 Å². The molecule has 3 unspecified atom stereocenters. The molecule has 3 amide bonds. The van der Waals surface area contributed by atoms with Gasteiger partial charge in [-0.15, -0.1) is 0 Å². The monoisotopic (exact) mass is 465 g/mol. The second-order valence-electron chi connectivity index (χ2n) is 8.64. The van der Waals surface area contributed by atoms with Crippen LogP contribution in [0.2, 0.25) is 0 Å². The lowest BCUT2D eigenvalue weighted by Gasteiger charge is -2.20. The van der Waals surface area contributed by atoms with Crippen molar-refractivity contribution in [1.29, 1.82) is 0 Å². The summed E-state index contributed by atoms with van der Waals surface area (Å²) in [4.78, 5) is 40.1. The third kappa shape index (κ3) is 3.95. The van der Waals surface area contributed by atoms with E-state index >= 15 is 0 Å². The number of nitrogens with one attached hydrogen (secondary N) is 4. The van der Waals surface area contributed by atoms with Gasteiger partial charge in [-0.3, -0.25) is 14.4 Å². The summed E-state index contributed by atoms with van der Waals surface area (Å²) in [5.74, 6) is 0.682. The number of carbonyl (C=O) groups is 3. The smallest absolute Gasteiger partial charge is 0.256 e. The van der Waals surface area contributed by atoms with Gasteiger partial charge in [-0.1, -0.05) is 6.07 Å². The number of hydrogen-bond donors (Lipinski definition) is 4. The summed E-state index contributed by atoms with van der Waals surface area (Å²) in [5, 5.41) is 5.73. The van der Waals surface area contributed by atoms with E-state index in [1.165, 1.54) is 0 Å². The fourth-order valence-electron chi connectivity index (χ4n) is 4.81. The Morgan fingerprint density at radius 2 is 1.88 bits per heavy atom. The van der Waals surface area contributed by atoms with E-state index in [1.54, 1.807) is 37.3 Å². The van der Waals surface area contributed by atoms with E-state index in [1.807, 2.05) is 18.2 Å². The first-order chi connectivity index (χ1) is 16.5. The summed E-state index contributed by atoms with van der Waals surface area (Å²) in [6.07, 6.45) is 1.99. The third-order valence-electron chi connectivity index (χ3n) is 6.62. The van der Waals surface area contributed by atoms with Crippen LogP contribution in [0.4, 0.5) is 11.4 Å². The first kappa shape index (κ1) is 22.2. The number of nitrogens with zero attached hydrogens (tertiary/aromatic N) is 1. The fourth-order valence-corrected chi connectivity index (χ4v) is 4.81. The Hall–Kier alpha value is -3.63. The number of hydrazine groups is 1. The molecule has 2 saturated heterocycles. The number of fused-ring (bicyclic) bond motifs is 2. The molecule has 2 fully saturated rings. The second-order valence-corrected chi connectivity index (χ2v) is 8.64. The van der Waals surface area contributed by atoms with E-state index in [2.05, 4.69) is 21.5 Å². The molecule has 5 rings (SSSR count). The van der Waals surface area contributed by atoms with E-state index in [-0.39, 0.29) is 23.8 Å². The Morgan fingerprint density at radius 3 is 2.68 bits per heavy atom. The molecule has 3 atom stereocenters. The highest BCUT2D eigenvalue weighted by Crippen LogP contribution is 2.33. The van der Waals surface area contributed by atoms with E-state index in [4.69, 9.17) is 9.47 Å². The number of amides is 3. The van der Waals surface area contributed by atoms with Gasteiger partial charge < -0.3 is 25.0 Å². The zero-order valence-corrected chi connectivity index (χ0v) is 19.0. The summed E-state index contributed by atoms with van der Waals surface area (Å²) in [5.41, 5.74) is 8.52. The van der Waals surface area contributed by atoms with Crippen molar-refractivity contribution in [1.82, 2.24) is 15.8 Å². The third-order valence-corrected chi connectivity index (χ3v) is 6.62. The lowest BCUT2D eigenvalue weighted by molar-refractivity contribution is -0.119. The largest absolute Gasteiger partial charge is 0.493 e. The minimum Gasteiger partial charge on any atom is -0.493 e. The zero-order chi connectivity index (χ0) is 23.8. The molecule has 10 nitrogen and oxygen atoms in total. The van der Waals surface area contributed by atoms with Crippen molar-refractivity contribution in [3.63, 3.8) is 0 Å². The molecule has 2 aromatic rings. The van der Waals surface area contributed by atoms with Crippen molar-refractivity contribution in [2.45, 2.75) is 37.4 Å². The van der Waals surface area contributed by atoms with E-state index < -0.39 is 12.1 Å². The van der Waals surface area contributed by atoms with Crippen LogP contribution in [-0.4, -0.2) is 55.5 Å². The summed E-state index contributed by atoms with van der Waals surface area (Å²) in [7, 11) is 3.17. The number of carbonyl (C=O) groups excluding carboxylic acids is 3. The molecule has 0 aromatic heterocycles. The first-order valence-corrected chi connectivity index (χ1v) is 11.3. The molecule has 10 heteroatoms. The van der Waals surface area contributed by atoms with Gasteiger partial charge in [0, 0.05) is 18.3 Å². The maximum Gasteiger partial charge on any atom is 0.256 e. The van der Waals surface area contributed by atoms with E-state index in [0.29, 0.717) is 47.8 Å². The minimum absolute atomic E-state index is 0.0912. The number of benzene rings is 2. The van der Waals surface area contributed by atoms with Gasteiger partial charge in [-0.2, -0.15) is 0 Å². The molecule has 0 bridgehead atoms. The van der Waals surface area contributed by atoms with E-state index in [0.717, 1.165) is 12.0 Å². The van der Waals surface area contributed by atoms with E-state index in [9.17, 15) is 14.4 Å². The van der Waals surface area contributed by atoms with Gasteiger partial charge in [0.15, 0.2) is 11.5 Å². The van der Waals surface area contributed by atoms with Crippen molar-refractivity contribution in [3.8, 4) is 11.5 Å². The SMILES string of the molecule is COc1ccc(C2CC(C(=O)Nc3ccc4c(c3)C(=O)N3CCCC3C(=O)N4)NN2)cc1OC. The number of methoxy groups -OCH3 is 2. The molecular weight excluding hydrogens is 438 g/mol. The normalized spacial score (nSPS) is 23.6. The Bertz CT molecular complexity index is 1150. The highest BCUT2D eigenvalue weighted by atomic mass is 16.5. The van der Waals surface area contributed by atoms with Gasteiger partial charge in [0.2, 0.25) is 11.8 Å². The molecule has 4 N–H and O–H groups in total. The maximum atomic E-state index is 13.0. The van der Waals surface area contributed by atoms with Gasteiger partial charge in [0.25, 0.3) is 5.91 Å². The zero-order valence-electron chi connectivity index (χ0n) is 19.0. The Labute approximate surface area is 196 Å². The molecule has 178 valence electrons. The molecule has 3 aliphatic heterocycles. The lowest BCUT2D eigenvalue weighted by atomic mass is 10.0. The summed E-state index contributed by atoms with van der Waals surface area (Å²) in [6, 6.07) is 9.63. The van der Waals surface area contributed by atoms with Crippen LogP contribution in [0.25, 0.3) is 0 Å². The van der Waals surface area contributed by atoms with Gasteiger partial charge in [0.05, 0.1) is 25.5 Å². The first-order valence-electron chi connectivity index (χ1n) is 11.3. The minimum atomic E-state index is -0.477. The standard InChI is InChI=1S/C24H27N5O5/c1-33-20-8-5-13(10-21(20)34-2)17-12-18(28-27-17)22(30)25-14-6-7-16-15(11-14)24(32)29-9-3-4-19(29)23(31)26-16/h5-8,10-11,17-19,27-28H,3-4,9,12H2,1-2H3,(H,25,30)(H,26,31). The molecule has 34 heavy (non-hydrogen) atoms. The average molecular weight is 466 g/mol. The predicted molar refractivity (Wildman–Crippen MR) is 125 cm³/mol. The highest BCUT2D eigenvalue weighted by Gasteiger charge is 2.38. The number of ether oxygens (including phenoxy) is 2. The van der Waals surface area contributed by atoms with Crippen LogP contribution < -0.4 is 31.0 Å². The molecule has 0 aliphatic carbocycles. The molecule has 0 spiro atoms. The molecule has 0 radical (unpaired) electrons. The van der Waals surface area contributed by atoms with Gasteiger partial charge in [-0.25, -0.2) is 10.9 Å². The number of rotatable bonds is 5. The molecule has 2 aromatic carbocycles. The molecule has 3 aliphatic rings. The number of hydrogen-bond acceptors (Lipinski definition) is 7. The van der Waals surface area contributed by atoms with Crippen LogP contribution in [-0.2, 0) is 9.59 Å². The van der Waals surface area contributed by atoms with Gasteiger partial charge in [-0.05, 0) is 55.2 Å². The molecule has 0 saturated carbocycles. The molecular formula is C24H27N5O5. The topological polar surface area (TPSA) is 121 Å². The van der Waals surface area contributed by atoms with Gasteiger partial charge >= 0.3 is 0 Å². The fraction of sp³-hybridized carbons (Fsp3) is 0.375. The number of anilines is 2. The summed E-state index contributed by atoms with van der Waals surface area (Å²) < 4.78 is 10.7. The summed E-state index contributed by atoms with van der Waals surface area (Å²) >= 11 is 0. The maximum absolute atomic E-state index is 13.0. The van der Waals surface area contributed by atoms with Crippen molar-refractivity contribution in [2.75, 3.05) is 31.4 Å². The lowest BCUT2D eigenvalue weighted by Crippen LogP contribution is -2.40. The van der Waals surface area contributed by atoms with Gasteiger partial charge in [0.1, 0.15) is 12.1 Å². The summed E-state index contributed by atoms with van der Waals surface area (Å²) in [6.45, 7) is 0.558.